The van der Waals surface area contributed by atoms with Crippen LogP contribution < -0.4 is 5.32 Å². The molecule has 1 aromatic rings. The molecule has 0 atom stereocenters. The predicted octanol–water partition coefficient (Wildman–Crippen LogP) is 0.777. The van der Waals surface area contributed by atoms with Gasteiger partial charge in [-0.1, -0.05) is 0 Å². The molecule has 0 aliphatic rings. The normalized spacial score (nSPS) is 9.57. The number of nitrogens with zero attached hydrogens (tertiary/aromatic N) is 3. The monoisotopic (exact) mass is 212 g/mol. The van der Waals surface area contributed by atoms with Gasteiger partial charge in [-0.05, 0) is 6.92 Å². The summed E-state index contributed by atoms with van der Waals surface area (Å²) in [4.78, 5) is 11.0. The van der Waals surface area contributed by atoms with Gasteiger partial charge in [-0.2, -0.15) is 10.4 Å². The predicted molar refractivity (Wildman–Crippen MR) is 52.0 cm³/mol. The molecule has 0 spiro atoms. The first-order valence-electron chi connectivity index (χ1n) is 3.89. The van der Waals surface area contributed by atoms with E-state index in [0.29, 0.717) is 17.1 Å². The summed E-state index contributed by atoms with van der Waals surface area (Å²) in [6.45, 7) is 1.70. The molecule has 1 N–H and O–H groups in total. The first-order valence-corrected chi connectivity index (χ1v) is 4.43. The van der Waals surface area contributed by atoms with Crippen molar-refractivity contribution in [1.29, 1.82) is 5.26 Å². The van der Waals surface area contributed by atoms with Gasteiger partial charge in [0.25, 0.3) is 0 Å². The molecule has 1 heterocycles. The van der Waals surface area contributed by atoms with E-state index in [1.54, 1.807) is 14.0 Å². The molecule has 0 unspecified atom stereocenters. The van der Waals surface area contributed by atoms with Gasteiger partial charge in [0.1, 0.15) is 23.3 Å². The Balaban J connectivity index is 3.08. The molecule has 1 aromatic heterocycles. The fourth-order valence-electron chi connectivity index (χ4n) is 1.10. The summed E-state index contributed by atoms with van der Waals surface area (Å²) < 4.78 is 1.44. The number of nitrogens with one attached hydrogen (secondary N) is 1. The zero-order valence-corrected chi connectivity index (χ0v) is 8.59. The molecule has 0 saturated heterocycles. The average molecular weight is 213 g/mol. The number of nitriles is 1. The lowest BCUT2D eigenvalue weighted by Gasteiger charge is -2.02. The minimum absolute atomic E-state index is 0.144. The Morgan fingerprint density at radius 1 is 1.79 bits per heavy atom. The van der Waals surface area contributed by atoms with Gasteiger partial charge < -0.3 is 5.32 Å². The zero-order chi connectivity index (χ0) is 10.7. The van der Waals surface area contributed by atoms with Gasteiger partial charge in [-0.15, -0.1) is 11.6 Å². The van der Waals surface area contributed by atoms with Gasteiger partial charge in [0.15, 0.2) is 0 Å². The van der Waals surface area contributed by atoms with Gasteiger partial charge in [0.05, 0.1) is 5.69 Å². The largest absolute Gasteiger partial charge is 0.309 e. The average Bonchev–Trinajstić information content (AvgIpc) is 2.41. The fraction of sp³-hybridized carbons (Fsp3) is 0.375. The molecular formula is C8H9ClN4O. The molecule has 0 aliphatic heterocycles. The van der Waals surface area contributed by atoms with Crippen LogP contribution in [0.2, 0.25) is 0 Å². The van der Waals surface area contributed by atoms with E-state index in [1.807, 2.05) is 6.07 Å². The van der Waals surface area contributed by atoms with Crippen molar-refractivity contribution in [1.82, 2.24) is 9.78 Å². The number of alkyl halides is 1. The number of carbonyl (C=O) groups is 1. The van der Waals surface area contributed by atoms with Crippen molar-refractivity contribution in [2.45, 2.75) is 6.92 Å². The zero-order valence-electron chi connectivity index (χ0n) is 7.83. The maximum Gasteiger partial charge on any atom is 0.240 e. The van der Waals surface area contributed by atoms with Crippen molar-refractivity contribution < 1.29 is 4.79 Å². The number of hydrogen-bond donors (Lipinski definition) is 1. The van der Waals surface area contributed by atoms with Gasteiger partial charge in [0.2, 0.25) is 5.91 Å². The van der Waals surface area contributed by atoms with Crippen molar-refractivity contribution >= 4 is 23.3 Å². The third kappa shape index (κ3) is 1.86. The molecule has 0 aliphatic carbocycles. The molecule has 0 fully saturated rings. The molecule has 6 heteroatoms. The second kappa shape index (κ2) is 4.11. The van der Waals surface area contributed by atoms with Crippen molar-refractivity contribution in [3.8, 4) is 6.07 Å². The number of aryl methyl sites for hydroxylation is 2. The van der Waals surface area contributed by atoms with E-state index >= 15 is 0 Å². The summed E-state index contributed by atoms with van der Waals surface area (Å²) in [6.07, 6.45) is 0. The number of carbonyl (C=O) groups excluding carboxylic acids is 1. The van der Waals surface area contributed by atoms with Crippen LogP contribution >= 0.6 is 11.6 Å². The standard InChI is InChI=1S/C8H9ClN4O/c1-5-6(4-10)8(13(2)12-5)11-7(14)3-9/h3H2,1-2H3,(H,11,14). The third-order valence-electron chi connectivity index (χ3n) is 1.71. The maximum atomic E-state index is 11.0. The highest BCUT2D eigenvalue weighted by Crippen LogP contribution is 2.16. The van der Waals surface area contributed by atoms with E-state index in [-0.39, 0.29) is 11.8 Å². The molecule has 14 heavy (non-hydrogen) atoms. The Morgan fingerprint density at radius 2 is 2.43 bits per heavy atom. The highest BCUT2D eigenvalue weighted by atomic mass is 35.5. The van der Waals surface area contributed by atoms with Crippen molar-refractivity contribution in [3.05, 3.63) is 11.3 Å². The Hall–Kier alpha value is -1.54. The van der Waals surface area contributed by atoms with Gasteiger partial charge in [0, 0.05) is 7.05 Å². The first-order chi connectivity index (χ1) is 6.60. The van der Waals surface area contributed by atoms with E-state index in [1.165, 1.54) is 4.68 Å². The number of rotatable bonds is 2. The molecule has 0 aromatic carbocycles. The van der Waals surface area contributed by atoms with Gasteiger partial charge in [-0.25, -0.2) is 0 Å². The minimum Gasteiger partial charge on any atom is -0.309 e. The number of aromatic nitrogens is 2. The second-order valence-electron chi connectivity index (χ2n) is 2.73. The molecule has 5 nitrogen and oxygen atoms in total. The molecule has 0 saturated carbocycles. The second-order valence-corrected chi connectivity index (χ2v) is 2.99. The number of hydrogen-bond acceptors (Lipinski definition) is 3. The lowest BCUT2D eigenvalue weighted by Crippen LogP contribution is -2.16. The highest BCUT2D eigenvalue weighted by molar-refractivity contribution is 6.29. The third-order valence-corrected chi connectivity index (χ3v) is 1.96. The van der Waals surface area contributed by atoms with Crippen LogP contribution in [-0.4, -0.2) is 21.6 Å². The number of amides is 1. The van der Waals surface area contributed by atoms with E-state index < -0.39 is 0 Å². The summed E-state index contributed by atoms with van der Waals surface area (Å²) in [5.41, 5.74) is 0.950. The number of anilines is 1. The van der Waals surface area contributed by atoms with Crippen molar-refractivity contribution in [2.75, 3.05) is 11.2 Å². The van der Waals surface area contributed by atoms with Crippen molar-refractivity contribution in [3.63, 3.8) is 0 Å². The van der Waals surface area contributed by atoms with Crippen LogP contribution in [0.1, 0.15) is 11.3 Å². The Morgan fingerprint density at radius 3 is 2.93 bits per heavy atom. The first kappa shape index (κ1) is 10.5. The van der Waals surface area contributed by atoms with E-state index in [2.05, 4.69) is 10.4 Å². The van der Waals surface area contributed by atoms with E-state index in [4.69, 9.17) is 16.9 Å². The lowest BCUT2D eigenvalue weighted by atomic mass is 10.2. The molecular weight excluding hydrogens is 204 g/mol. The SMILES string of the molecule is Cc1nn(C)c(NC(=O)CCl)c1C#N. The summed E-state index contributed by atoms with van der Waals surface area (Å²) in [5.74, 6) is -0.114. The Labute approximate surface area is 86.3 Å². The topological polar surface area (TPSA) is 70.7 Å². The lowest BCUT2D eigenvalue weighted by molar-refractivity contribution is -0.114. The highest BCUT2D eigenvalue weighted by Gasteiger charge is 2.14. The quantitative estimate of drug-likeness (QED) is 0.737. The fourth-order valence-corrected chi connectivity index (χ4v) is 1.17. The smallest absolute Gasteiger partial charge is 0.240 e. The molecule has 1 rings (SSSR count). The molecule has 1 amide bonds. The van der Waals surface area contributed by atoms with Crippen LogP contribution in [0.3, 0.4) is 0 Å². The summed E-state index contributed by atoms with van der Waals surface area (Å²) in [5, 5.41) is 15.3. The van der Waals surface area contributed by atoms with Gasteiger partial charge in [-0.3, -0.25) is 9.48 Å². The maximum absolute atomic E-state index is 11.0. The van der Waals surface area contributed by atoms with Crippen LogP contribution in [0, 0.1) is 18.3 Å². The summed E-state index contributed by atoms with van der Waals surface area (Å²) in [6, 6.07) is 1.97. The molecule has 74 valence electrons. The van der Waals surface area contributed by atoms with Crippen LogP contribution in [-0.2, 0) is 11.8 Å². The van der Waals surface area contributed by atoms with E-state index in [9.17, 15) is 4.79 Å². The Kier molecular flexibility index (Phi) is 3.10. The molecule has 0 bridgehead atoms. The minimum atomic E-state index is -0.355. The van der Waals surface area contributed by atoms with Crippen LogP contribution in [0.15, 0.2) is 0 Å². The Bertz CT molecular complexity index is 404. The van der Waals surface area contributed by atoms with E-state index in [0.717, 1.165) is 0 Å². The van der Waals surface area contributed by atoms with Gasteiger partial charge >= 0.3 is 0 Å². The summed E-state index contributed by atoms with van der Waals surface area (Å²) in [7, 11) is 1.65. The molecule has 0 radical (unpaired) electrons. The van der Waals surface area contributed by atoms with Crippen LogP contribution in [0.4, 0.5) is 5.82 Å². The van der Waals surface area contributed by atoms with Crippen molar-refractivity contribution in [2.24, 2.45) is 7.05 Å². The number of halogens is 1. The van der Waals surface area contributed by atoms with Crippen LogP contribution in [0.25, 0.3) is 0 Å². The van der Waals surface area contributed by atoms with Crippen LogP contribution in [0.5, 0.6) is 0 Å². The summed E-state index contributed by atoms with van der Waals surface area (Å²) >= 11 is 5.33.